The summed E-state index contributed by atoms with van der Waals surface area (Å²) < 4.78 is 38.9. The van der Waals surface area contributed by atoms with Crippen LogP contribution in [0.5, 0.6) is 0 Å². The van der Waals surface area contributed by atoms with Crippen molar-refractivity contribution in [1.82, 2.24) is 9.97 Å². The summed E-state index contributed by atoms with van der Waals surface area (Å²) in [5.74, 6) is -0.184. The zero-order valence-electron chi connectivity index (χ0n) is 9.83. The highest BCUT2D eigenvalue weighted by atomic mass is 19.4. The van der Waals surface area contributed by atoms with Crippen LogP contribution in [0.15, 0.2) is 18.2 Å². The number of hydrogen-bond donors (Lipinski definition) is 2. The van der Waals surface area contributed by atoms with E-state index in [0.717, 1.165) is 6.07 Å². The van der Waals surface area contributed by atoms with Crippen LogP contribution in [0.3, 0.4) is 0 Å². The van der Waals surface area contributed by atoms with Crippen LogP contribution in [-0.2, 0) is 11.7 Å². The molecule has 100 valence electrons. The van der Waals surface area contributed by atoms with E-state index in [1.165, 1.54) is 6.07 Å². The number of nitrogens with two attached hydrogens (primary N) is 2. The molecule has 4 N–H and O–H groups in total. The van der Waals surface area contributed by atoms with Crippen LogP contribution in [0, 0.1) is 0 Å². The first kappa shape index (κ1) is 12.2. The van der Waals surface area contributed by atoms with Crippen molar-refractivity contribution >= 4 is 16.9 Å². The molecule has 1 aromatic carbocycles. The molecule has 0 aliphatic heterocycles. The Labute approximate surface area is 106 Å². The number of rotatable bonds is 1. The molecular weight excluding hydrogens is 257 g/mol. The van der Waals surface area contributed by atoms with E-state index in [4.69, 9.17) is 11.5 Å². The smallest absolute Gasteiger partial charge is 0.368 e. The lowest BCUT2D eigenvalue weighted by Gasteiger charge is -2.15. The zero-order valence-corrected chi connectivity index (χ0v) is 9.83. The molecule has 3 rings (SSSR count). The lowest BCUT2D eigenvalue weighted by atomic mass is 10.0. The zero-order chi connectivity index (χ0) is 13.8. The van der Waals surface area contributed by atoms with Gasteiger partial charge in [0, 0.05) is 5.39 Å². The van der Waals surface area contributed by atoms with Gasteiger partial charge in [0.05, 0.1) is 22.3 Å². The Bertz CT molecular complexity index is 662. The van der Waals surface area contributed by atoms with Crippen molar-refractivity contribution in [3.8, 4) is 0 Å². The molecule has 0 saturated heterocycles. The van der Waals surface area contributed by atoms with E-state index in [9.17, 15) is 13.2 Å². The third kappa shape index (κ3) is 1.90. The summed E-state index contributed by atoms with van der Waals surface area (Å²) in [6, 6.07) is 3.86. The monoisotopic (exact) mass is 268 g/mol. The minimum Gasteiger partial charge on any atom is -0.368 e. The van der Waals surface area contributed by atoms with Crippen molar-refractivity contribution in [2.24, 2.45) is 5.73 Å². The second-order valence-corrected chi connectivity index (χ2v) is 4.79. The third-order valence-corrected chi connectivity index (χ3v) is 3.31. The second-order valence-electron chi connectivity index (χ2n) is 4.79. The molecule has 0 unspecified atom stereocenters. The lowest BCUT2D eigenvalue weighted by Crippen LogP contribution is -2.22. The van der Waals surface area contributed by atoms with Gasteiger partial charge in [-0.25, -0.2) is 9.97 Å². The molecule has 4 nitrogen and oxygen atoms in total. The quantitative estimate of drug-likeness (QED) is 0.831. The maximum atomic E-state index is 13.0. The average Bonchev–Trinajstić information content (AvgIpc) is 3.05. The van der Waals surface area contributed by atoms with Crippen LogP contribution in [0.1, 0.15) is 24.1 Å². The van der Waals surface area contributed by atoms with E-state index in [-0.39, 0.29) is 11.5 Å². The molecule has 1 saturated carbocycles. The number of anilines is 1. The highest BCUT2D eigenvalue weighted by Crippen LogP contribution is 2.45. The third-order valence-electron chi connectivity index (χ3n) is 3.31. The van der Waals surface area contributed by atoms with E-state index in [2.05, 4.69) is 9.97 Å². The summed E-state index contributed by atoms with van der Waals surface area (Å²) in [5.41, 5.74) is 10.3. The van der Waals surface area contributed by atoms with Gasteiger partial charge in [0.1, 0.15) is 0 Å². The Morgan fingerprint density at radius 2 is 1.84 bits per heavy atom. The Balaban J connectivity index is 2.36. The second kappa shape index (κ2) is 3.57. The maximum absolute atomic E-state index is 13.0. The van der Waals surface area contributed by atoms with Gasteiger partial charge < -0.3 is 11.5 Å². The van der Waals surface area contributed by atoms with Gasteiger partial charge >= 0.3 is 6.18 Å². The highest BCUT2D eigenvalue weighted by molar-refractivity contribution is 5.86. The largest absolute Gasteiger partial charge is 0.418 e. The van der Waals surface area contributed by atoms with Crippen LogP contribution in [0.2, 0.25) is 0 Å². The van der Waals surface area contributed by atoms with Crippen molar-refractivity contribution in [2.75, 3.05) is 5.73 Å². The Morgan fingerprint density at radius 3 is 2.42 bits per heavy atom. The summed E-state index contributed by atoms with van der Waals surface area (Å²) >= 11 is 0. The number of fused-ring (bicyclic) bond motifs is 1. The normalized spacial score (nSPS) is 17.7. The Morgan fingerprint density at radius 1 is 1.16 bits per heavy atom. The van der Waals surface area contributed by atoms with E-state index in [1.807, 2.05) is 0 Å². The number of nitrogens with zero attached hydrogens (tertiary/aromatic N) is 2. The topological polar surface area (TPSA) is 77.8 Å². The number of benzene rings is 1. The van der Waals surface area contributed by atoms with Crippen molar-refractivity contribution in [3.05, 3.63) is 29.5 Å². The summed E-state index contributed by atoms with van der Waals surface area (Å²) in [7, 11) is 0. The fraction of sp³-hybridized carbons (Fsp3) is 0.333. The molecule has 0 spiro atoms. The van der Waals surface area contributed by atoms with Gasteiger partial charge in [-0.3, -0.25) is 0 Å². The van der Waals surface area contributed by atoms with Gasteiger partial charge in [0.15, 0.2) is 0 Å². The van der Waals surface area contributed by atoms with Crippen molar-refractivity contribution in [3.63, 3.8) is 0 Å². The van der Waals surface area contributed by atoms with E-state index in [1.54, 1.807) is 6.07 Å². The summed E-state index contributed by atoms with van der Waals surface area (Å²) in [6.45, 7) is 0. The predicted octanol–water partition coefficient (Wildman–Crippen LogP) is 2.18. The minimum absolute atomic E-state index is 0.184. The molecule has 1 fully saturated rings. The van der Waals surface area contributed by atoms with Gasteiger partial charge in [0.2, 0.25) is 5.95 Å². The van der Waals surface area contributed by atoms with Gasteiger partial charge in [-0.2, -0.15) is 13.2 Å². The van der Waals surface area contributed by atoms with Crippen LogP contribution in [-0.4, -0.2) is 9.97 Å². The Hall–Kier alpha value is -1.89. The van der Waals surface area contributed by atoms with Crippen molar-refractivity contribution < 1.29 is 13.2 Å². The number of halogens is 3. The summed E-state index contributed by atoms with van der Waals surface area (Å²) in [6.07, 6.45) is -3.10. The minimum atomic E-state index is -4.48. The molecule has 0 amide bonds. The van der Waals surface area contributed by atoms with Crippen LogP contribution < -0.4 is 11.5 Å². The average molecular weight is 268 g/mol. The highest BCUT2D eigenvalue weighted by Gasteiger charge is 2.44. The van der Waals surface area contributed by atoms with Crippen LogP contribution >= 0.6 is 0 Å². The van der Waals surface area contributed by atoms with E-state index < -0.39 is 17.3 Å². The first-order valence-electron chi connectivity index (χ1n) is 5.74. The van der Waals surface area contributed by atoms with E-state index in [0.29, 0.717) is 23.9 Å². The first-order chi connectivity index (χ1) is 8.81. The fourth-order valence-electron chi connectivity index (χ4n) is 2.15. The fourth-order valence-corrected chi connectivity index (χ4v) is 2.15. The van der Waals surface area contributed by atoms with Gasteiger partial charge in [-0.1, -0.05) is 12.1 Å². The predicted molar refractivity (Wildman–Crippen MR) is 64.1 cm³/mol. The number of nitrogen functional groups attached to an aromatic ring is 1. The molecule has 0 radical (unpaired) electrons. The molecule has 19 heavy (non-hydrogen) atoms. The molecule has 1 heterocycles. The first-order valence-corrected chi connectivity index (χ1v) is 5.74. The van der Waals surface area contributed by atoms with Gasteiger partial charge in [-0.15, -0.1) is 0 Å². The van der Waals surface area contributed by atoms with Gasteiger partial charge in [0.25, 0.3) is 0 Å². The summed E-state index contributed by atoms with van der Waals surface area (Å²) in [5, 5.41) is 0.323. The molecule has 1 aromatic heterocycles. The van der Waals surface area contributed by atoms with Crippen molar-refractivity contribution in [2.45, 2.75) is 24.6 Å². The molecule has 1 aliphatic carbocycles. The molecule has 7 heteroatoms. The van der Waals surface area contributed by atoms with E-state index >= 15 is 0 Å². The SMILES string of the molecule is Nc1nc(C2(N)CC2)c2cccc(C(F)(F)F)c2n1. The maximum Gasteiger partial charge on any atom is 0.418 e. The van der Waals surface area contributed by atoms with Crippen LogP contribution in [0.4, 0.5) is 19.1 Å². The van der Waals surface area contributed by atoms with Gasteiger partial charge in [-0.05, 0) is 18.9 Å². The number of hydrogen-bond acceptors (Lipinski definition) is 4. The van der Waals surface area contributed by atoms with Crippen LogP contribution in [0.25, 0.3) is 10.9 Å². The standard InChI is InChI=1S/C12H11F3N4/c13-12(14,15)7-3-1-2-6-8(7)18-10(16)19-9(6)11(17)4-5-11/h1-3H,4-5,17H2,(H2,16,18,19). The molecule has 0 atom stereocenters. The van der Waals surface area contributed by atoms with Crippen molar-refractivity contribution in [1.29, 1.82) is 0 Å². The number of alkyl halides is 3. The Kier molecular flexibility index (Phi) is 2.28. The summed E-state index contributed by atoms with van der Waals surface area (Å²) in [4.78, 5) is 7.77. The lowest BCUT2D eigenvalue weighted by molar-refractivity contribution is -0.136. The molecule has 0 bridgehead atoms. The number of aromatic nitrogens is 2. The molecule has 2 aromatic rings. The number of para-hydroxylation sites is 1. The molecular formula is C12H11F3N4. The molecule has 1 aliphatic rings.